The van der Waals surface area contributed by atoms with Gasteiger partial charge in [0.15, 0.2) is 11.6 Å². The van der Waals surface area contributed by atoms with Crippen LogP contribution in [0.1, 0.15) is 16.7 Å². The van der Waals surface area contributed by atoms with E-state index in [0.717, 1.165) is 23.0 Å². The molecule has 0 radical (unpaired) electrons. The van der Waals surface area contributed by atoms with Gasteiger partial charge in [-0.2, -0.15) is 0 Å². The molecule has 0 atom stereocenters. The van der Waals surface area contributed by atoms with Gasteiger partial charge < -0.3 is 9.80 Å². The minimum atomic E-state index is 0.681. The molecule has 4 heteroatoms. The summed E-state index contributed by atoms with van der Waals surface area (Å²) in [6.45, 7) is 7.16. The highest BCUT2D eigenvalue weighted by molar-refractivity contribution is 5.84. The average molecular weight is 393 g/mol. The number of benzene rings is 3. The molecule has 3 aromatic carbocycles. The maximum absolute atomic E-state index is 4.68. The molecule has 1 aromatic heterocycles. The first-order valence-electron chi connectivity index (χ1n) is 10.2. The highest BCUT2D eigenvalue weighted by Crippen LogP contribution is 2.42. The first-order chi connectivity index (χ1) is 14.6. The van der Waals surface area contributed by atoms with Crippen molar-refractivity contribution in [1.82, 2.24) is 9.97 Å². The molecule has 4 nitrogen and oxygen atoms in total. The van der Waals surface area contributed by atoms with Crippen LogP contribution in [0.25, 0.3) is 11.1 Å². The minimum absolute atomic E-state index is 0.681. The van der Waals surface area contributed by atoms with Crippen LogP contribution in [0, 0.1) is 20.8 Å². The van der Waals surface area contributed by atoms with Crippen LogP contribution in [0.5, 0.6) is 0 Å². The lowest BCUT2D eigenvalue weighted by Gasteiger charge is -2.23. The molecule has 4 aromatic rings. The molecule has 1 aliphatic heterocycles. The van der Waals surface area contributed by atoms with Gasteiger partial charge in [-0.15, -0.1) is 0 Å². The predicted octanol–water partition coefficient (Wildman–Crippen LogP) is 6.32. The van der Waals surface area contributed by atoms with E-state index in [1.807, 2.05) is 0 Å². The summed E-state index contributed by atoms with van der Waals surface area (Å²) in [4.78, 5) is 13.8. The van der Waals surface area contributed by atoms with Gasteiger partial charge in [0.25, 0.3) is 0 Å². The van der Waals surface area contributed by atoms with E-state index in [2.05, 4.69) is 107 Å². The van der Waals surface area contributed by atoms with Crippen LogP contribution in [-0.2, 0) is 0 Å². The molecule has 0 bridgehead atoms. The quantitative estimate of drug-likeness (QED) is 0.409. The van der Waals surface area contributed by atoms with Gasteiger partial charge in [-0.3, -0.25) is 0 Å². The van der Waals surface area contributed by atoms with Crippen LogP contribution in [-0.4, -0.2) is 16.6 Å². The lowest BCUT2D eigenvalue weighted by Crippen LogP contribution is -2.24. The smallest absolute Gasteiger partial charge is 0.178 e. The van der Waals surface area contributed by atoms with Gasteiger partial charge in [0, 0.05) is 23.8 Å². The fourth-order valence-corrected chi connectivity index (χ4v) is 4.34. The number of aromatic nitrogens is 2. The van der Waals surface area contributed by atoms with Crippen LogP contribution in [0.15, 0.2) is 79.1 Å². The number of aryl methyl sites for hydroxylation is 3. The molecule has 148 valence electrons. The Balaban J connectivity index is 1.60. The maximum atomic E-state index is 4.68. The second-order valence-electron chi connectivity index (χ2n) is 7.80. The van der Waals surface area contributed by atoms with E-state index in [9.17, 15) is 0 Å². The van der Waals surface area contributed by atoms with Gasteiger partial charge >= 0.3 is 0 Å². The summed E-state index contributed by atoms with van der Waals surface area (Å²) in [7, 11) is 0. The molecule has 0 saturated heterocycles. The van der Waals surface area contributed by atoms with Gasteiger partial charge in [-0.05, 0) is 66.8 Å². The summed E-state index contributed by atoms with van der Waals surface area (Å²) in [6, 6.07) is 23.6. The van der Waals surface area contributed by atoms with E-state index in [1.165, 1.54) is 27.8 Å². The van der Waals surface area contributed by atoms with Crippen molar-refractivity contribution in [3.63, 3.8) is 0 Å². The molecule has 1 aliphatic rings. The lowest BCUT2D eigenvalue weighted by molar-refractivity contribution is 0.971. The highest BCUT2D eigenvalue weighted by atomic mass is 15.4. The van der Waals surface area contributed by atoms with Crippen LogP contribution < -0.4 is 9.80 Å². The number of nitrogens with zero attached hydrogens (tertiary/aromatic N) is 4. The Morgan fingerprint density at radius 3 is 2.03 bits per heavy atom. The summed E-state index contributed by atoms with van der Waals surface area (Å²) < 4.78 is 0. The number of hydrogen-bond donors (Lipinski definition) is 0. The normalized spacial score (nSPS) is 12.9. The van der Waals surface area contributed by atoms with E-state index >= 15 is 0 Å². The van der Waals surface area contributed by atoms with Gasteiger partial charge in [0.2, 0.25) is 0 Å². The molecule has 30 heavy (non-hydrogen) atoms. The third kappa shape index (κ3) is 3.01. The number of fused-ring (bicyclic) bond motifs is 1. The predicted molar refractivity (Wildman–Crippen MR) is 124 cm³/mol. The maximum Gasteiger partial charge on any atom is 0.178 e. The van der Waals surface area contributed by atoms with E-state index in [1.54, 1.807) is 12.4 Å². The third-order valence-electron chi connectivity index (χ3n) is 5.79. The average Bonchev–Trinajstić information content (AvgIpc) is 3.14. The molecule has 0 aliphatic carbocycles. The lowest BCUT2D eigenvalue weighted by atomic mass is 9.95. The molecule has 0 fully saturated rings. The molecule has 0 saturated carbocycles. The zero-order valence-corrected chi connectivity index (χ0v) is 17.5. The van der Waals surface area contributed by atoms with Crippen LogP contribution in [0.3, 0.4) is 0 Å². The Morgan fingerprint density at radius 2 is 1.30 bits per heavy atom. The molecule has 2 heterocycles. The highest BCUT2D eigenvalue weighted by Gasteiger charge is 2.31. The summed E-state index contributed by atoms with van der Waals surface area (Å²) >= 11 is 0. The zero-order valence-electron chi connectivity index (χ0n) is 17.5. The Kier molecular flexibility index (Phi) is 4.47. The Bertz CT molecular complexity index is 1210. The summed E-state index contributed by atoms with van der Waals surface area (Å²) in [5, 5.41) is 0. The van der Waals surface area contributed by atoms with E-state index in [4.69, 9.17) is 0 Å². The first kappa shape index (κ1) is 18.4. The number of para-hydroxylation sites is 1. The molecule has 0 N–H and O–H groups in total. The van der Waals surface area contributed by atoms with Crippen LogP contribution in [0.4, 0.5) is 23.0 Å². The first-order valence-corrected chi connectivity index (χ1v) is 10.2. The minimum Gasteiger partial charge on any atom is -0.305 e. The second-order valence-corrected chi connectivity index (χ2v) is 7.80. The van der Waals surface area contributed by atoms with E-state index < -0.39 is 0 Å². The summed E-state index contributed by atoms with van der Waals surface area (Å²) in [5.74, 6) is 1.78. The van der Waals surface area contributed by atoms with Crippen molar-refractivity contribution in [3.8, 4) is 11.1 Å². The molecule has 0 amide bonds. The van der Waals surface area contributed by atoms with E-state index in [0.29, 0.717) is 6.67 Å². The molecular weight excluding hydrogens is 368 g/mol. The molecular formula is C26H24N4. The SMILES string of the molecule is Cc1ccccc1N1CN(c2cccc(-c3c(C)cccc3C)c2)c2nccnc21. The second kappa shape index (κ2) is 7.30. The Morgan fingerprint density at radius 1 is 0.667 bits per heavy atom. The topological polar surface area (TPSA) is 32.3 Å². The largest absolute Gasteiger partial charge is 0.305 e. The number of rotatable bonds is 3. The van der Waals surface area contributed by atoms with Crippen LogP contribution >= 0.6 is 0 Å². The third-order valence-corrected chi connectivity index (χ3v) is 5.79. The number of anilines is 4. The fourth-order valence-electron chi connectivity index (χ4n) is 4.34. The van der Waals surface area contributed by atoms with Gasteiger partial charge in [-0.25, -0.2) is 9.97 Å². The van der Waals surface area contributed by atoms with Crippen molar-refractivity contribution in [2.24, 2.45) is 0 Å². The fraction of sp³-hybridized carbons (Fsp3) is 0.154. The van der Waals surface area contributed by atoms with Crippen molar-refractivity contribution in [3.05, 3.63) is 95.8 Å². The Labute approximate surface area is 177 Å². The standard InChI is InChI=1S/C26H24N4/c1-18-8-4-5-13-23(18)30-17-29(25-26(30)28-15-14-27-25)22-12-7-11-21(16-22)24-19(2)9-6-10-20(24)3/h4-16H,17H2,1-3H3. The van der Waals surface area contributed by atoms with Crippen molar-refractivity contribution < 1.29 is 0 Å². The van der Waals surface area contributed by atoms with Crippen LogP contribution in [0.2, 0.25) is 0 Å². The number of hydrogen-bond acceptors (Lipinski definition) is 4. The molecule has 5 rings (SSSR count). The summed E-state index contributed by atoms with van der Waals surface area (Å²) in [6.07, 6.45) is 3.53. The van der Waals surface area contributed by atoms with Crippen molar-refractivity contribution in [2.75, 3.05) is 16.5 Å². The van der Waals surface area contributed by atoms with Crippen molar-refractivity contribution >= 4 is 23.0 Å². The van der Waals surface area contributed by atoms with Gasteiger partial charge in [0.05, 0.1) is 0 Å². The summed E-state index contributed by atoms with van der Waals surface area (Å²) in [5.41, 5.74) is 8.60. The van der Waals surface area contributed by atoms with Crippen molar-refractivity contribution in [1.29, 1.82) is 0 Å². The zero-order chi connectivity index (χ0) is 20.7. The van der Waals surface area contributed by atoms with Crippen molar-refractivity contribution in [2.45, 2.75) is 20.8 Å². The Hall–Kier alpha value is -3.66. The van der Waals surface area contributed by atoms with Gasteiger partial charge in [-0.1, -0.05) is 48.5 Å². The van der Waals surface area contributed by atoms with Gasteiger partial charge in [0.1, 0.15) is 6.67 Å². The molecule has 0 unspecified atom stereocenters. The monoisotopic (exact) mass is 392 g/mol. The van der Waals surface area contributed by atoms with E-state index in [-0.39, 0.29) is 0 Å². The molecule has 0 spiro atoms.